The van der Waals surface area contributed by atoms with Gasteiger partial charge in [0.1, 0.15) is 0 Å². The number of nitrogens with zero attached hydrogens (tertiary/aromatic N) is 1. The average Bonchev–Trinajstić information content (AvgIpc) is 2.48. The molecule has 0 radical (unpaired) electrons. The number of carbonyl (C=O) groups excluding carboxylic acids is 1. The van der Waals surface area contributed by atoms with Crippen LogP contribution in [-0.2, 0) is 10.0 Å². The van der Waals surface area contributed by atoms with Gasteiger partial charge in [0.25, 0.3) is 10.0 Å². The second-order valence-electron chi connectivity index (χ2n) is 4.72. The number of benzene rings is 2. The first kappa shape index (κ1) is 14.3. The van der Waals surface area contributed by atoms with Gasteiger partial charge in [0.15, 0.2) is 5.78 Å². The Morgan fingerprint density at radius 3 is 2.38 bits per heavy atom. The summed E-state index contributed by atoms with van der Waals surface area (Å²) in [6.45, 7) is 0.175. The lowest BCUT2D eigenvalue weighted by atomic mass is 10.0. The van der Waals surface area contributed by atoms with Crippen LogP contribution in [0.2, 0.25) is 0 Å². The maximum Gasteiger partial charge on any atom is 0.264 e. The minimum Gasteiger partial charge on any atom is -0.294 e. The minimum atomic E-state index is -3.66. The molecule has 0 atom stereocenters. The lowest BCUT2D eigenvalue weighted by Crippen LogP contribution is -2.37. The summed E-state index contributed by atoms with van der Waals surface area (Å²) in [7, 11) is -3.66. The Kier molecular flexibility index (Phi) is 3.59. The van der Waals surface area contributed by atoms with Crippen molar-refractivity contribution in [2.24, 2.45) is 0 Å². The zero-order valence-corrected chi connectivity index (χ0v) is 13.4. The van der Waals surface area contributed by atoms with Crippen molar-refractivity contribution in [3.63, 3.8) is 0 Å². The first-order valence-corrected chi connectivity index (χ1v) is 8.64. The third-order valence-corrected chi connectivity index (χ3v) is 5.77. The van der Waals surface area contributed by atoms with Crippen LogP contribution in [0.1, 0.15) is 16.8 Å². The van der Waals surface area contributed by atoms with Crippen molar-refractivity contribution in [2.45, 2.75) is 11.3 Å². The molecule has 0 saturated heterocycles. The van der Waals surface area contributed by atoms with E-state index < -0.39 is 10.0 Å². The maximum atomic E-state index is 12.8. The van der Waals surface area contributed by atoms with E-state index >= 15 is 0 Å². The van der Waals surface area contributed by atoms with Crippen LogP contribution in [0, 0.1) is 0 Å². The molecule has 0 aromatic heterocycles. The van der Waals surface area contributed by atoms with E-state index in [9.17, 15) is 13.2 Å². The van der Waals surface area contributed by atoms with Gasteiger partial charge in [-0.15, -0.1) is 0 Å². The van der Waals surface area contributed by atoms with Crippen LogP contribution in [0.25, 0.3) is 0 Å². The summed E-state index contributed by atoms with van der Waals surface area (Å²) in [5, 5.41) is 0. The van der Waals surface area contributed by atoms with Crippen LogP contribution in [0.3, 0.4) is 0 Å². The van der Waals surface area contributed by atoms with E-state index in [1.54, 1.807) is 48.5 Å². The van der Waals surface area contributed by atoms with Crippen LogP contribution in [0.15, 0.2) is 57.9 Å². The summed E-state index contributed by atoms with van der Waals surface area (Å²) in [5.41, 5.74) is 0.918. The number of ketones is 1. The summed E-state index contributed by atoms with van der Waals surface area (Å²) in [6, 6.07) is 13.3. The summed E-state index contributed by atoms with van der Waals surface area (Å²) < 4.78 is 27.7. The van der Waals surface area contributed by atoms with Crippen molar-refractivity contribution in [1.29, 1.82) is 0 Å². The molecule has 0 aliphatic carbocycles. The third kappa shape index (κ3) is 2.49. The van der Waals surface area contributed by atoms with Gasteiger partial charge in [0, 0.05) is 23.0 Å². The van der Waals surface area contributed by atoms with Gasteiger partial charge >= 0.3 is 0 Å². The highest BCUT2D eigenvalue weighted by atomic mass is 79.9. The van der Waals surface area contributed by atoms with Gasteiger partial charge < -0.3 is 0 Å². The van der Waals surface area contributed by atoms with Gasteiger partial charge in [-0.2, -0.15) is 0 Å². The first-order chi connectivity index (χ1) is 10.00. The first-order valence-electron chi connectivity index (χ1n) is 6.41. The zero-order chi connectivity index (χ0) is 15.0. The van der Waals surface area contributed by atoms with Crippen molar-refractivity contribution in [1.82, 2.24) is 0 Å². The summed E-state index contributed by atoms with van der Waals surface area (Å²) in [4.78, 5) is 12.1. The quantitative estimate of drug-likeness (QED) is 0.820. The number of Topliss-reactive ketones (excluding diaryl/α,β-unsaturated/α-hetero) is 1. The van der Waals surface area contributed by atoms with Crippen molar-refractivity contribution in [2.75, 3.05) is 10.8 Å². The van der Waals surface area contributed by atoms with Gasteiger partial charge in [-0.3, -0.25) is 9.10 Å². The highest BCUT2D eigenvalue weighted by Crippen LogP contribution is 2.31. The van der Waals surface area contributed by atoms with Crippen molar-refractivity contribution >= 4 is 37.4 Å². The SMILES string of the molecule is O=C1CCN(S(=O)(=O)c2ccc(Br)cc2)c2ccccc21. The van der Waals surface area contributed by atoms with E-state index in [-0.39, 0.29) is 23.6 Å². The Balaban J connectivity index is 2.10. The van der Waals surface area contributed by atoms with E-state index in [1.807, 2.05) is 0 Å². The number of rotatable bonds is 2. The van der Waals surface area contributed by atoms with Crippen LogP contribution in [0.4, 0.5) is 5.69 Å². The predicted octanol–water partition coefficient (Wildman–Crippen LogP) is 3.23. The van der Waals surface area contributed by atoms with E-state index in [2.05, 4.69) is 15.9 Å². The Morgan fingerprint density at radius 1 is 1.00 bits per heavy atom. The molecule has 1 aliphatic heterocycles. The molecule has 0 spiro atoms. The normalized spacial score (nSPS) is 14.9. The molecule has 0 fully saturated rings. The number of anilines is 1. The molecule has 4 nitrogen and oxygen atoms in total. The number of fused-ring (bicyclic) bond motifs is 1. The van der Waals surface area contributed by atoms with Crippen molar-refractivity contribution in [3.05, 3.63) is 58.6 Å². The second-order valence-corrected chi connectivity index (χ2v) is 7.50. The summed E-state index contributed by atoms with van der Waals surface area (Å²) in [5.74, 6) is -0.0205. The monoisotopic (exact) mass is 365 g/mol. The van der Waals surface area contributed by atoms with E-state index in [4.69, 9.17) is 0 Å². The highest BCUT2D eigenvalue weighted by Gasteiger charge is 2.31. The molecule has 0 amide bonds. The van der Waals surface area contributed by atoms with Gasteiger partial charge in [-0.25, -0.2) is 8.42 Å². The Hall–Kier alpha value is -1.66. The zero-order valence-electron chi connectivity index (χ0n) is 11.0. The fourth-order valence-electron chi connectivity index (χ4n) is 2.37. The van der Waals surface area contributed by atoms with Gasteiger partial charge in [-0.1, -0.05) is 28.1 Å². The largest absolute Gasteiger partial charge is 0.294 e. The second kappa shape index (κ2) is 5.27. The average molecular weight is 366 g/mol. The standard InChI is InChI=1S/C15H12BrNO3S/c16-11-5-7-12(8-6-11)21(19,20)17-10-9-15(18)13-3-1-2-4-14(13)17/h1-8H,9-10H2. The molecule has 2 aromatic rings. The lowest BCUT2D eigenvalue weighted by molar-refractivity contribution is 0.0982. The van der Waals surface area contributed by atoms with Crippen LogP contribution in [0.5, 0.6) is 0 Å². The number of carbonyl (C=O) groups is 1. The molecular weight excluding hydrogens is 354 g/mol. The Bertz CT molecular complexity index is 800. The van der Waals surface area contributed by atoms with Crippen LogP contribution >= 0.6 is 15.9 Å². The lowest BCUT2D eigenvalue weighted by Gasteiger charge is -2.29. The topological polar surface area (TPSA) is 54.5 Å². The van der Waals surface area contributed by atoms with Crippen LogP contribution < -0.4 is 4.31 Å². The van der Waals surface area contributed by atoms with E-state index in [0.717, 1.165) is 4.47 Å². The number of hydrogen-bond acceptors (Lipinski definition) is 3. The number of para-hydroxylation sites is 1. The molecule has 2 aromatic carbocycles. The minimum absolute atomic E-state index is 0.0205. The molecule has 3 rings (SSSR count). The number of halogens is 1. The van der Waals surface area contributed by atoms with Gasteiger partial charge in [0.2, 0.25) is 0 Å². The number of sulfonamides is 1. The fourth-order valence-corrected chi connectivity index (χ4v) is 4.12. The molecule has 108 valence electrons. The maximum absolute atomic E-state index is 12.8. The molecule has 0 N–H and O–H groups in total. The molecule has 0 unspecified atom stereocenters. The molecule has 0 saturated carbocycles. The summed E-state index contributed by atoms with van der Waals surface area (Å²) in [6.07, 6.45) is 0.201. The molecule has 6 heteroatoms. The smallest absolute Gasteiger partial charge is 0.264 e. The Morgan fingerprint density at radius 2 is 1.67 bits per heavy atom. The van der Waals surface area contributed by atoms with Crippen molar-refractivity contribution < 1.29 is 13.2 Å². The molecule has 1 aliphatic rings. The Labute approximate surface area is 131 Å². The van der Waals surface area contributed by atoms with Gasteiger partial charge in [0.05, 0.1) is 10.6 Å². The predicted molar refractivity (Wildman–Crippen MR) is 84.1 cm³/mol. The van der Waals surface area contributed by atoms with E-state index in [0.29, 0.717) is 11.3 Å². The molecular formula is C15H12BrNO3S. The highest BCUT2D eigenvalue weighted by molar-refractivity contribution is 9.10. The number of hydrogen-bond donors (Lipinski definition) is 0. The molecule has 21 heavy (non-hydrogen) atoms. The van der Waals surface area contributed by atoms with E-state index in [1.165, 1.54) is 4.31 Å². The fraction of sp³-hybridized carbons (Fsp3) is 0.133. The van der Waals surface area contributed by atoms with Gasteiger partial charge in [-0.05, 0) is 36.4 Å². The van der Waals surface area contributed by atoms with Crippen molar-refractivity contribution in [3.8, 4) is 0 Å². The molecule has 1 heterocycles. The third-order valence-electron chi connectivity index (χ3n) is 3.42. The van der Waals surface area contributed by atoms with Crippen LogP contribution in [-0.4, -0.2) is 20.7 Å². The summed E-state index contributed by atoms with van der Waals surface area (Å²) >= 11 is 3.29. The molecule has 0 bridgehead atoms.